The van der Waals surface area contributed by atoms with Gasteiger partial charge in [0.1, 0.15) is 30.2 Å². The van der Waals surface area contributed by atoms with Crippen molar-refractivity contribution in [2.45, 2.75) is 242 Å². The molecule has 31 N–H and O–H groups in total. The van der Waals surface area contributed by atoms with Gasteiger partial charge in [-0.05, 0) is 142 Å². The molecule has 6 aromatic rings. The molecule has 0 aliphatic heterocycles. The van der Waals surface area contributed by atoms with Gasteiger partial charge in [-0.1, -0.05) is 189 Å². The Bertz CT molecular complexity index is 3690. The first-order chi connectivity index (χ1) is 60.3. The van der Waals surface area contributed by atoms with E-state index in [4.69, 9.17) is 153 Å². The SMILES string of the molecule is CC(C)(C)CC(N)C#N.CCCCC(N)C#N.CCCC[C@@H](N)C(=O)O.CCCC[C@H](N)C(=O)O.N#CC(N)CCCCO.N#CC(O)c1ccccc1.N#CC(O)c1ccccn1.N[C@@H](CCCCO)C(=O)O.N[C@H](CCCCO)C(=O)O.O=C(O)[C@@H](O)c1ccccc1.O=C(O)[C@@H](O)c1ccccn1.O=C(O)[C@H](O)c1ccccc1.O=C(O)[C@H](O)c1ccccn1. The average molecular weight is 1800 g/mol. The van der Waals surface area contributed by atoms with E-state index in [2.05, 4.69) is 42.6 Å². The van der Waals surface area contributed by atoms with E-state index in [9.17, 15) is 38.4 Å². The lowest BCUT2D eigenvalue weighted by Crippen LogP contribution is -2.29. The quantitative estimate of drug-likeness (QED) is 0.0148. The third-order valence-corrected chi connectivity index (χ3v) is 15.4. The zero-order chi connectivity index (χ0) is 99.4. The molecule has 0 amide bonds. The summed E-state index contributed by atoms with van der Waals surface area (Å²) in [7, 11) is 0. The Morgan fingerprint density at radius 1 is 0.305 bits per heavy atom. The highest BCUT2D eigenvalue weighted by Crippen LogP contribution is 2.20. The number of aromatic nitrogens is 3. The Morgan fingerprint density at radius 3 is 0.766 bits per heavy atom. The molecule has 3 aromatic heterocycles. The van der Waals surface area contributed by atoms with Gasteiger partial charge in [-0.3, -0.25) is 34.1 Å². The fraction of sp³-hybridized carbons (Fsp3) is 0.477. The van der Waals surface area contributed by atoms with E-state index < -0.39 is 109 Å². The Hall–Kier alpha value is -12.3. The predicted octanol–water partition coefficient (Wildman–Crippen LogP) is 6.49. The molecule has 40 heteroatoms. The molecule has 0 bridgehead atoms. The maximum absolute atomic E-state index is 10.2. The van der Waals surface area contributed by atoms with Crippen LogP contribution in [0.2, 0.25) is 0 Å². The fourth-order valence-electron chi connectivity index (χ4n) is 8.23. The van der Waals surface area contributed by atoms with E-state index in [0.717, 1.165) is 64.2 Å². The van der Waals surface area contributed by atoms with Crippen LogP contribution < -0.4 is 40.1 Å². The van der Waals surface area contributed by atoms with E-state index in [1.165, 1.54) is 30.7 Å². The first-order valence-corrected chi connectivity index (χ1v) is 40.2. The average Bonchev–Trinajstić information content (AvgIpc) is 0.907. The molecular weight excluding hydrogens is 1670 g/mol. The van der Waals surface area contributed by atoms with Gasteiger partial charge in [-0.25, -0.2) is 19.2 Å². The number of carbonyl (C=O) groups is 8. The molecule has 3 aromatic carbocycles. The summed E-state index contributed by atoms with van der Waals surface area (Å²) >= 11 is 0. The minimum Gasteiger partial charge on any atom is -0.480 e. The Labute approximate surface area is 747 Å². The van der Waals surface area contributed by atoms with E-state index in [1.54, 1.807) is 140 Å². The number of nitrogens with two attached hydrogens (primary N) is 7. The summed E-state index contributed by atoms with van der Waals surface area (Å²) < 4.78 is 0. The topological polar surface area (TPSA) is 820 Å². The number of aliphatic hydroxyl groups excluding tert-OH is 9. The van der Waals surface area contributed by atoms with E-state index in [0.29, 0.717) is 80.2 Å². The van der Waals surface area contributed by atoms with Crippen LogP contribution in [0, 0.1) is 62.1 Å². The molecule has 3 heterocycles. The van der Waals surface area contributed by atoms with Gasteiger partial charge in [0.25, 0.3) is 0 Å². The summed E-state index contributed by atoms with van der Waals surface area (Å²) in [5.41, 5.74) is 39.0. The number of carboxylic acids is 8. The van der Waals surface area contributed by atoms with Crippen molar-refractivity contribution in [1.29, 1.82) is 26.3 Å². The molecule has 0 saturated carbocycles. The maximum Gasteiger partial charge on any atom is 0.338 e. The molecule has 710 valence electrons. The van der Waals surface area contributed by atoms with Crippen molar-refractivity contribution in [2.24, 2.45) is 45.6 Å². The summed E-state index contributed by atoms with van der Waals surface area (Å²) in [6.45, 7) is 12.7. The molecule has 0 spiro atoms. The number of aliphatic hydroxyl groups is 9. The summed E-state index contributed by atoms with van der Waals surface area (Å²) in [5, 5.41) is 187. The number of nitrogens with zero attached hydrogens (tertiary/aromatic N) is 8. The number of nitriles is 5. The number of hydrogen-bond donors (Lipinski definition) is 24. The van der Waals surface area contributed by atoms with Crippen molar-refractivity contribution in [1.82, 2.24) is 15.0 Å². The minimum absolute atomic E-state index is 0.104. The molecule has 40 nitrogen and oxygen atoms in total. The van der Waals surface area contributed by atoms with Gasteiger partial charge in [-0.2, -0.15) is 26.3 Å². The fourth-order valence-corrected chi connectivity index (χ4v) is 8.23. The second-order valence-corrected chi connectivity index (χ2v) is 27.9. The highest BCUT2D eigenvalue weighted by molar-refractivity contribution is 5.76. The summed E-state index contributed by atoms with van der Waals surface area (Å²) in [6.07, 6.45) is 11.0. The van der Waals surface area contributed by atoms with Gasteiger partial charge in [0, 0.05) is 38.4 Å². The predicted molar refractivity (Wildman–Crippen MR) is 472 cm³/mol. The van der Waals surface area contributed by atoms with Crippen LogP contribution in [0.25, 0.3) is 0 Å². The highest BCUT2D eigenvalue weighted by Gasteiger charge is 2.20. The summed E-state index contributed by atoms with van der Waals surface area (Å²) in [4.78, 5) is 92.4. The third-order valence-electron chi connectivity index (χ3n) is 15.4. The van der Waals surface area contributed by atoms with Crippen LogP contribution in [0.1, 0.15) is 234 Å². The number of aliphatic carboxylic acids is 8. The Balaban J connectivity index is -0.000000248. The van der Waals surface area contributed by atoms with Crippen LogP contribution in [-0.2, 0) is 38.4 Å². The van der Waals surface area contributed by atoms with Gasteiger partial charge < -0.3 is 127 Å². The number of pyridine rings is 3. The molecule has 0 aliphatic carbocycles. The molecule has 0 saturated heterocycles. The Kier molecular flexibility index (Phi) is 86.0. The lowest BCUT2D eigenvalue weighted by molar-refractivity contribution is -0.148. The molecular formula is C88H133N15O25. The van der Waals surface area contributed by atoms with Gasteiger partial charge in [-0.15, -0.1) is 0 Å². The van der Waals surface area contributed by atoms with Crippen molar-refractivity contribution in [3.63, 3.8) is 0 Å². The zero-order valence-corrected chi connectivity index (χ0v) is 73.1. The molecule has 13 atom stereocenters. The van der Waals surface area contributed by atoms with Crippen molar-refractivity contribution < 1.29 is 125 Å². The van der Waals surface area contributed by atoms with Crippen LogP contribution in [0.5, 0.6) is 0 Å². The van der Waals surface area contributed by atoms with Crippen molar-refractivity contribution in [3.05, 3.63) is 198 Å². The Morgan fingerprint density at radius 2 is 0.547 bits per heavy atom. The van der Waals surface area contributed by atoms with E-state index in [-0.39, 0.29) is 54.7 Å². The van der Waals surface area contributed by atoms with Gasteiger partial charge >= 0.3 is 47.8 Å². The molecule has 5 unspecified atom stereocenters. The first kappa shape index (κ1) is 129. The smallest absolute Gasteiger partial charge is 0.338 e. The molecule has 128 heavy (non-hydrogen) atoms. The minimum atomic E-state index is -1.52. The number of hydrogen-bond acceptors (Lipinski definition) is 32. The monoisotopic (exact) mass is 1800 g/mol. The summed E-state index contributed by atoms with van der Waals surface area (Å²) in [6, 6.07) is 45.4. The molecule has 0 radical (unpaired) electrons. The van der Waals surface area contributed by atoms with Gasteiger partial charge in [0.15, 0.2) is 36.6 Å². The van der Waals surface area contributed by atoms with Crippen molar-refractivity contribution in [3.8, 4) is 30.3 Å². The largest absolute Gasteiger partial charge is 0.480 e. The standard InChI is InChI=1S/C8H7NO.2C8H8O3.C7H6N2O.C7H14N2.2C7H7NO3.C6H12N2O.C6H12N2.2C6H13NO3.2C6H13NO2/c9-6-8(10)7-4-2-1-3-5-7;2*9-7(8(10)11)6-4-2-1-3-5-6;8-5-7(10)6-3-1-2-4-9-6;1-7(2,3)4-6(9)5-8;2*9-6(7(10)11)5-3-1-2-4-8-5;7-5-6(8)3-1-2-4-9;1-2-3-4-6(8)5-7;2*7-5(6(9)10)3-1-2-4-8;2*1-2-3-4-5(7)6(8)9/h1-5,8,10H;2*1-5,7,9H,(H,10,11);1-4,7,10H;6H,4,9H2,1-3H3;2*1-4,6,9H,(H,10,11);6,9H,1-4,8H2;6H,2-4,8H2,1H3;2*5,8H,1-4,7H2,(H,9,10);2*5H,2-4,7H2,1H3,(H,8,9)/t;2*7-;;;2*6-;;;4*5-/m.10..10..1010/s1. The van der Waals surface area contributed by atoms with E-state index >= 15 is 0 Å². The lowest BCUT2D eigenvalue weighted by atomic mass is 9.89. The van der Waals surface area contributed by atoms with Crippen LogP contribution in [0.3, 0.4) is 0 Å². The molecule has 6 rings (SSSR count). The van der Waals surface area contributed by atoms with Crippen LogP contribution >= 0.6 is 0 Å². The second kappa shape index (κ2) is 85.5. The number of rotatable bonds is 36. The van der Waals surface area contributed by atoms with Gasteiger partial charge in [0.05, 0.1) is 59.5 Å². The van der Waals surface area contributed by atoms with Crippen LogP contribution in [-0.4, -0.2) is 212 Å². The van der Waals surface area contributed by atoms with Crippen molar-refractivity contribution in [2.75, 3.05) is 19.8 Å². The first-order valence-electron chi connectivity index (χ1n) is 40.2. The maximum atomic E-state index is 10.2. The number of benzene rings is 3. The van der Waals surface area contributed by atoms with E-state index in [1.807, 2.05) is 38.1 Å². The normalized spacial score (nSPS) is 12.7. The van der Waals surface area contributed by atoms with Crippen LogP contribution in [0.15, 0.2) is 164 Å². The number of carboxylic acid groups (broad SMARTS) is 8. The molecule has 0 fully saturated rings. The second-order valence-electron chi connectivity index (χ2n) is 27.9. The van der Waals surface area contributed by atoms with Gasteiger partial charge in [0.2, 0.25) is 0 Å². The van der Waals surface area contributed by atoms with Crippen molar-refractivity contribution >= 4 is 47.8 Å². The summed E-state index contributed by atoms with van der Waals surface area (Å²) in [5.74, 6) is -8.78. The zero-order valence-electron chi connectivity index (χ0n) is 73.1. The molecule has 0 aliphatic rings. The number of unbranched alkanes of at least 4 members (excludes halogenated alkanes) is 6. The lowest BCUT2D eigenvalue weighted by Gasteiger charge is -2.18. The van der Waals surface area contributed by atoms with Crippen LogP contribution in [0.4, 0.5) is 0 Å². The third kappa shape index (κ3) is 80.8. The highest BCUT2D eigenvalue weighted by atomic mass is 16.4.